The van der Waals surface area contributed by atoms with Crippen LogP contribution in [0.2, 0.25) is 0 Å². The maximum absolute atomic E-state index is 11.6. The highest BCUT2D eigenvalue weighted by Gasteiger charge is 2.09. The molecule has 0 aromatic heterocycles. The van der Waals surface area contributed by atoms with Crippen LogP contribution in [0.5, 0.6) is 5.75 Å². The average Bonchev–Trinajstić information content (AvgIpc) is 2.37. The zero-order chi connectivity index (χ0) is 14.3. The monoisotopic (exact) mass is 263 g/mol. The van der Waals surface area contributed by atoms with E-state index in [0.29, 0.717) is 6.42 Å². The third kappa shape index (κ3) is 4.83. The lowest BCUT2D eigenvalue weighted by Crippen LogP contribution is -2.11. The molecule has 1 aromatic carbocycles. The number of anilines is 1. The minimum absolute atomic E-state index is 0.0264. The number of carbonyl (C=O) groups is 2. The number of phenols is 1. The number of allylic oxidation sites excluding steroid dienone is 1. The summed E-state index contributed by atoms with van der Waals surface area (Å²) in [4.78, 5) is 22.3. The van der Waals surface area contributed by atoms with Crippen LogP contribution in [-0.2, 0) is 4.79 Å². The van der Waals surface area contributed by atoms with Crippen molar-refractivity contribution in [2.45, 2.75) is 25.7 Å². The average molecular weight is 263 g/mol. The first-order valence-corrected chi connectivity index (χ1v) is 6.01. The van der Waals surface area contributed by atoms with Crippen LogP contribution in [0.3, 0.4) is 0 Å². The van der Waals surface area contributed by atoms with E-state index < -0.39 is 5.97 Å². The minimum Gasteiger partial charge on any atom is -0.506 e. The van der Waals surface area contributed by atoms with Crippen molar-refractivity contribution in [3.05, 3.63) is 36.4 Å². The second-order valence-corrected chi connectivity index (χ2v) is 4.12. The fourth-order valence-corrected chi connectivity index (χ4v) is 1.56. The molecule has 5 nitrogen and oxygen atoms in total. The van der Waals surface area contributed by atoms with Gasteiger partial charge in [0.15, 0.2) is 0 Å². The molecule has 19 heavy (non-hydrogen) atoms. The van der Waals surface area contributed by atoms with E-state index in [0.717, 1.165) is 25.3 Å². The number of hydrogen-bond donors (Lipinski definition) is 3. The Morgan fingerprint density at radius 3 is 2.63 bits per heavy atom. The Bertz CT molecular complexity index is 482. The maximum Gasteiger partial charge on any atom is 0.335 e. The van der Waals surface area contributed by atoms with Crippen molar-refractivity contribution in [1.29, 1.82) is 0 Å². The number of phenolic OH excluding ortho intramolecular Hbond substituents is 1. The molecule has 0 heterocycles. The number of unbranched alkanes of at least 4 members (excludes halogenated alkanes) is 2. The number of aromatic carboxylic acids is 1. The molecule has 5 heteroatoms. The molecular formula is C14H17NO4. The topological polar surface area (TPSA) is 86.6 Å². The number of nitrogens with one attached hydrogen (secondary N) is 1. The summed E-state index contributed by atoms with van der Waals surface area (Å²) >= 11 is 0. The van der Waals surface area contributed by atoms with Gasteiger partial charge in [-0.15, -0.1) is 6.58 Å². The zero-order valence-corrected chi connectivity index (χ0v) is 10.6. The van der Waals surface area contributed by atoms with Crippen LogP contribution in [0.1, 0.15) is 36.0 Å². The first-order valence-electron chi connectivity index (χ1n) is 6.01. The molecule has 0 atom stereocenters. The van der Waals surface area contributed by atoms with Crippen LogP contribution in [0.25, 0.3) is 0 Å². The Morgan fingerprint density at radius 1 is 1.32 bits per heavy atom. The van der Waals surface area contributed by atoms with Crippen LogP contribution in [0.15, 0.2) is 30.9 Å². The fourth-order valence-electron chi connectivity index (χ4n) is 1.56. The van der Waals surface area contributed by atoms with Crippen molar-refractivity contribution in [3.63, 3.8) is 0 Å². The second kappa shape index (κ2) is 7.20. The van der Waals surface area contributed by atoms with Gasteiger partial charge in [-0.25, -0.2) is 4.79 Å². The summed E-state index contributed by atoms with van der Waals surface area (Å²) < 4.78 is 0. The highest BCUT2D eigenvalue weighted by molar-refractivity contribution is 5.94. The SMILES string of the molecule is C=CCCCCC(=O)Nc1ccc(C(=O)O)cc1O. The molecule has 0 fully saturated rings. The summed E-state index contributed by atoms with van der Waals surface area (Å²) in [6.45, 7) is 3.60. The van der Waals surface area contributed by atoms with Crippen molar-refractivity contribution in [2.75, 3.05) is 5.32 Å². The third-order valence-corrected chi connectivity index (χ3v) is 2.58. The van der Waals surface area contributed by atoms with Gasteiger partial charge in [-0.2, -0.15) is 0 Å². The summed E-state index contributed by atoms with van der Waals surface area (Å²) in [5.41, 5.74) is 0.195. The highest BCUT2D eigenvalue weighted by Crippen LogP contribution is 2.24. The summed E-state index contributed by atoms with van der Waals surface area (Å²) in [7, 11) is 0. The van der Waals surface area contributed by atoms with Gasteiger partial charge in [0.1, 0.15) is 5.75 Å². The molecule has 0 aliphatic heterocycles. The number of carboxylic acids is 1. The number of carboxylic acid groups (broad SMARTS) is 1. The molecule has 0 aliphatic rings. The van der Waals surface area contributed by atoms with Gasteiger partial charge in [0, 0.05) is 6.42 Å². The van der Waals surface area contributed by atoms with Crippen molar-refractivity contribution in [2.24, 2.45) is 0 Å². The Labute approximate surface area is 111 Å². The fraction of sp³-hybridized carbons (Fsp3) is 0.286. The number of carbonyl (C=O) groups excluding carboxylic acids is 1. The standard InChI is InChI=1S/C14H17NO4/c1-2-3-4-5-6-13(17)15-11-8-7-10(14(18)19)9-12(11)16/h2,7-9,16H,1,3-6H2,(H,15,17)(H,18,19). The van der Waals surface area contributed by atoms with Crippen LogP contribution >= 0.6 is 0 Å². The number of rotatable bonds is 7. The summed E-state index contributed by atoms with van der Waals surface area (Å²) in [6.07, 6.45) is 4.65. The Morgan fingerprint density at radius 2 is 2.05 bits per heavy atom. The zero-order valence-electron chi connectivity index (χ0n) is 10.6. The van der Waals surface area contributed by atoms with Crippen molar-refractivity contribution in [1.82, 2.24) is 0 Å². The van der Waals surface area contributed by atoms with E-state index in [2.05, 4.69) is 11.9 Å². The summed E-state index contributed by atoms with van der Waals surface area (Å²) in [5, 5.41) is 20.9. The van der Waals surface area contributed by atoms with E-state index in [1.807, 2.05) is 0 Å². The lowest BCUT2D eigenvalue weighted by atomic mass is 10.1. The first kappa shape index (κ1) is 14.8. The molecule has 1 rings (SSSR count). The smallest absolute Gasteiger partial charge is 0.335 e. The van der Waals surface area contributed by atoms with Crippen molar-refractivity contribution >= 4 is 17.6 Å². The molecule has 0 unspecified atom stereocenters. The molecule has 0 aliphatic carbocycles. The van der Waals surface area contributed by atoms with Gasteiger partial charge < -0.3 is 15.5 Å². The largest absolute Gasteiger partial charge is 0.506 e. The highest BCUT2D eigenvalue weighted by atomic mass is 16.4. The number of amides is 1. The Kier molecular flexibility index (Phi) is 5.60. The van der Waals surface area contributed by atoms with Crippen LogP contribution < -0.4 is 5.32 Å². The van der Waals surface area contributed by atoms with E-state index in [1.165, 1.54) is 12.1 Å². The summed E-state index contributed by atoms with van der Waals surface area (Å²) in [5.74, 6) is -1.58. The normalized spacial score (nSPS) is 9.89. The van der Waals surface area contributed by atoms with Gasteiger partial charge in [-0.3, -0.25) is 4.79 Å². The van der Waals surface area contributed by atoms with Gasteiger partial charge in [0.25, 0.3) is 0 Å². The second-order valence-electron chi connectivity index (χ2n) is 4.12. The van der Waals surface area contributed by atoms with Crippen molar-refractivity contribution in [3.8, 4) is 5.75 Å². The molecular weight excluding hydrogens is 246 g/mol. The van der Waals surface area contributed by atoms with Crippen LogP contribution in [0.4, 0.5) is 5.69 Å². The first-order chi connectivity index (χ1) is 9.04. The van der Waals surface area contributed by atoms with E-state index in [9.17, 15) is 14.7 Å². The molecule has 0 saturated heterocycles. The van der Waals surface area contributed by atoms with Gasteiger partial charge in [0.05, 0.1) is 11.3 Å². The molecule has 102 valence electrons. The molecule has 3 N–H and O–H groups in total. The Balaban J connectivity index is 2.55. The minimum atomic E-state index is -1.13. The number of hydrogen-bond acceptors (Lipinski definition) is 3. The third-order valence-electron chi connectivity index (χ3n) is 2.58. The van der Waals surface area contributed by atoms with Crippen LogP contribution in [0, 0.1) is 0 Å². The lowest BCUT2D eigenvalue weighted by Gasteiger charge is -2.07. The van der Waals surface area contributed by atoms with Gasteiger partial charge >= 0.3 is 5.97 Å². The van der Waals surface area contributed by atoms with E-state index in [-0.39, 0.29) is 22.9 Å². The predicted octanol–water partition coefficient (Wildman–Crippen LogP) is 2.78. The van der Waals surface area contributed by atoms with Gasteiger partial charge in [0.2, 0.25) is 5.91 Å². The van der Waals surface area contributed by atoms with Crippen LogP contribution in [-0.4, -0.2) is 22.1 Å². The lowest BCUT2D eigenvalue weighted by molar-refractivity contribution is -0.116. The summed E-state index contributed by atoms with van der Waals surface area (Å²) in [6, 6.07) is 3.81. The molecule has 0 bridgehead atoms. The maximum atomic E-state index is 11.6. The molecule has 1 aromatic rings. The van der Waals surface area contributed by atoms with Gasteiger partial charge in [-0.1, -0.05) is 6.08 Å². The predicted molar refractivity (Wildman–Crippen MR) is 72.4 cm³/mol. The van der Waals surface area contributed by atoms with Crippen molar-refractivity contribution < 1.29 is 19.8 Å². The quantitative estimate of drug-likeness (QED) is 0.401. The van der Waals surface area contributed by atoms with Gasteiger partial charge in [-0.05, 0) is 37.5 Å². The number of benzene rings is 1. The van der Waals surface area contributed by atoms with E-state index in [4.69, 9.17) is 5.11 Å². The molecule has 0 saturated carbocycles. The molecule has 0 radical (unpaired) electrons. The number of aromatic hydroxyl groups is 1. The molecule has 0 spiro atoms. The molecule has 1 amide bonds. The van der Waals surface area contributed by atoms with E-state index >= 15 is 0 Å². The Hall–Kier alpha value is -2.30. The van der Waals surface area contributed by atoms with E-state index in [1.54, 1.807) is 6.08 Å².